The molecule has 1 aromatic carbocycles. The van der Waals surface area contributed by atoms with Crippen molar-refractivity contribution in [2.75, 3.05) is 31.6 Å². The van der Waals surface area contributed by atoms with Crippen LogP contribution in [0.3, 0.4) is 0 Å². The third kappa shape index (κ3) is 4.95. The van der Waals surface area contributed by atoms with Crippen LogP contribution in [0.4, 0.5) is 11.6 Å². The highest BCUT2D eigenvalue weighted by Crippen LogP contribution is 2.36. The van der Waals surface area contributed by atoms with Gasteiger partial charge in [0.25, 0.3) is 5.91 Å². The fourth-order valence-corrected chi connectivity index (χ4v) is 4.36. The van der Waals surface area contributed by atoms with Crippen LogP contribution in [0.25, 0.3) is 11.0 Å². The van der Waals surface area contributed by atoms with Crippen LogP contribution in [-0.2, 0) is 11.3 Å². The largest absolute Gasteiger partial charge is 0.328 e. The van der Waals surface area contributed by atoms with Gasteiger partial charge < -0.3 is 14.8 Å². The molecule has 178 valence electrons. The van der Waals surface area contributed by atoms with Crippen LogP contribution in [0, 0.1) is 0 Å². The first-order valence-corrected chi connectivity index (χ1v) is 12.0. The van der Waals surface area contributed by atoms with E-state index >= 15 is 0 Å². The Morgan fingerprint density at radius 1 is 1.18 bits per heavy atom. The maximum atomic E-state index is 13.0. The van der Waals surface area contributed by atoms with E-state index in [4.69, 9.17) is 4.84 Å². The molecule has 1 saturated carbocycles. The highest BCUT2D eigenvalue weighted by Gasteiger charge is 2.28. The number of nitrogens with zero attached hydrogens (tertiary/aromatic N) is 4. The van der Waals surface area contributed by atoms with Crippen LogP contribution in [0.15, 0.2) is 41.5 Å². The number of carbonyl (C=O) groups is 1. The zero-order valence-electron chi connectivity index (χ0n) is 19.4. The minimum Gasteiger partial charge on any atom is -0.328 e. The number of fused-ring (bicyclic) bond motifs is 1. The molecule has 0 spiro atoms. The summed E-state index contributed by atoms with van der Waals surface area (Å²) >= 11 is 0. The van der Waals surface area contributed by atoms with E-state index in [0.29, 0.717) is 23.6 Å². The first-order chi connectivity index (χ1) is 16.6. The Morgan fingerprint density at radius 2 is 1.94 bits per heavy atom. The number of hydrogen-bond acceptors (Lipinski definition) is 7. The lowest BCUT2D eigenvalue weighted by Gasteiger charge is -2.14. The molecule has 2 N–H and O–H groups in total. The Morgan fingerprint density at radius 3 is 2.65 bits per heavy atom. The second kappa shape index (κ2) is 9.90. The van der Waals surface area contributed by atoms with Crippen molar-refractivity contribution < 1.29 is 9.63 Å². The summed E-state index contributed by atoms with van der Waals surface area (Å²) in [5.74, 6) is -0.146. The van der Waals surface area contributed by atoms with Crippen LogP contribution in [0.2, 0.25) is 0 Å². The standard InChI is InChI=1S/C25H30N6O3/c1-2-34-29-24(33)21-16-31(19-9-10-19)23-20(22(21)32)15-26-25(28-23)27-18-7-5-17(6-8-18)11-14-30-12-3-4-13-30/h5-8,15-16,19H,2-4,9-14H2,1H3,(H,29,33)(H,26,27,28). The molecule has 0 radical (unpaired) electrons. The molecule has 2 aliphatic rings. The van der Waals surface area contributed by atoms with E-state index in [1.54, 1.807) is 13.1 Å². The summed E-state index contributed by atoms with van der Waals surface area (Å²) in [7, 11) is 0. The van der Waals surface area contributed by atoms with Gasteiger partial charge in [-0.2, -0.15) is 4.98 Å². The molecule has 9 heteroatoms. The predicted octanol–water partition coefficient (Wildman–Crippen LogP) is 3.19. The Hall–Kier alpha value is -3.30. The van der Waals surface area contributed by atoms with Gasteiger partial charge in [0.05, 0.1) is 12.0 Å². The second-order valence-corrected chi connectivity index (χ2v) is 8.93. The van der Waals surface area contributed by atoms with Crippen LogP contribution >= 0.6 is 0 Å². The number of rotatable bonds is 9. The fraction of sp³-hybridized carbons (Fsp3) is 0.440. The summed E-state index contributed by atoms with van der Waals surface area (Å²) in [6.07, 6.45) is 8.71. The van der Waals surface area contributed by atoms with Gasteiger partial charge in [0, 0.05) is 30.7 Å². The molecular weight excluding hydrogens is 432 g/mol. The van der Waals surface area contributed by atoms with Crippen molar-refractivity contribution in [3.63, 3.8) is 0 Å². The first kappa shape index (κ1) is 22.5. The van der Waals surface area contributed by atoms with Crippen molar-refractivity contribution >= 4 is 28.6 Å². The smallest absolute Gasteiger partial charge is 0.280 e. The van der Waals surface area contributed by atoms with Crippen LogP contribution in [-0.4, -0.2) is 51.6 Å². The highest BCUT2D eigenvalue weighted by atomic mass is 16.6. The second-order valence-electron chi connectivity index (χ2n) is 8.93. The molecule has 3 aromatic rings. The molecule has 34 heavy (non-hydrogen) atoms. The van der Waals surface area contributed by atoms with Crippen molar-refractivity contribution in [1.29, 1.82) is 0 Å². The summed E-state index contributed by atoms with van der Waals surface area (Å²) in [5.41, 5.74) is 4.65. The lowest BCUT2D eigenvalue weighted by atomic mass is 10.1. The monoisotopic (exact) mass is 462 g/mol. The summed E-state index contributed by atoms with van der Waals surface area (Å²) in [6, 6.07) is 8.54. The third-order valence-corrected chi connectivity index (χ3v) is 6.39. The van der Waals surface area contributed by atoms with Crippen LogP contribution in [0.5, 0.6) is 0 Å². The molecular formula is C25H30N6O3. The van der Waals surface area contributed by atoms with Gasteiger partial charge in [-0.25, -0.2) is 10.5 Å². The van der Waals surface area contributed by atoms with Gasteiger partial charge in [-0.1, -0.05) is 12.1 Å². The van der Waals surface area contributed by atoms with Crippen molar-refractivity contribution in [3.05, 3.63) is 58.0 Å². The van der Waals surface area contributed by atoms with Gasteiger partial charge in [-0.3, -0.25) is 14.4 Å². The number of aromatic nitrogens is 3. The van der Waals surface area contributed by atoms with E-state index in [0.717, 1.165) is 31.5 Å². The zero-order chi connectivity index (χ0) is 23.5. The number of likely N-dealkylation sites (tertiary alicyclic amines) is 1. The number of benzene rings is 1. The highest BCUT2D eigenvalue weighted by molar-refractivity contribution is 5.96. The number of carbonyl (C=O) groups excluding carboxylic acids is 1. The molecule has 3 heterocycles. The van der Waals surface area contributed by atoms with Crippen molar-refractivity contribution in [3.8, 4) is 0 Å². The Balaban J connectivity index is 1.35. The molecule has 5 rings (SSSR count). The average Bonchev–Trinajstić information content (AvgIpc) is 3.56. The van der Waals surface area contributed by atoms with E-state index in [9.17, 15) is 9.59 Å². The average molecular weight is 463 g/mol. The normalized spacial score (nSPS) is 16.1. The van der Waals surface area contributed by atoms with Gasteiger partial charge in [0.15, 0.2) is 0 Å². The van der Waals surface area contributed by atoms with Crippen molar-refractivity contribution in [1.82, 2.24) is 24.9 Å². The third-order valence-electron chi connectivity index (χ3n) is 6.39. The minimum atomic E-state index is -0.560. The fourth-order valence-electron chi connectivity index (χ4n) is 4.36. The van der Waals surface area contributed by atoms with Crippen molar-refractivity contribution in [2.24, 2.45) is 0 Å². The summed E-state index contributed by atoms with van der Waals surface area (Å²) in [6.45, 7) is 5.60. The molecule has 1 aliphatic carbocycles. The molecule has 0 atom stereocenters. The lowest BCUT2D eigenvalue weighted by Crippen LogP contribution is -2.30. The Bertz CT molecular complexity index is 1230. The molecule has 1 amide bonds. The first-order valence-electron chi connectivity index (χ1n) is 12.0. The van der Waals surface area contributed by atoms with E-state index < -0.39 is 11.3 Å². The topological polar surface area (TPSA) is 101 Å². The number of amides is 1. The van der Waals surface area contributed by atoms with E-state index in [2.05, 4.69) is 37.8 Å². The molecule has 9 nitrogen and oxygen atoms in total. The summed E-state index contributed by atoms with van der Waals surface area (Å²) in [5, 5.41) is 3.56. The van der Waals surface area contributed by atoms with Crippen LogP contribution in [0.1, 0.15) is 54.6 Å². The maximum absolute atomic E-state index is 13.0. The van der Waals surface area contributed by atoms with Crippen molar-refractivity contribution in [2.45, 2.75) is 45.1 Å². The number of anilines is 2. The number of nitrogens with one attached hydrogen (secondary N) is 2. The van der Waals surface area contributed by atoms with E-state index in [1.165, 1.54) is 37.7 Å². The number of hydroxylamine groups is 1. The SMILES string of the molecule is CCONC(=O)c1cn(C2CC2)c2nc(Nc3ccc(CCN4CCCC4)cc3)ncc2c1=O. The zero-order valence-corrected chi connectivity index (χ0v) is 19.4. The lowest BCUT2D eigenvalue weighted by molar-refractivity contribution is 0.0363. The van der Waals surface area contributed by atoms with Gasteiger partial charge in [0.1, 0.15) is 11.2 Å². The molecule has 2 fully saturated rings. The van der Waals surface area contributed by atoms with Gasteiger partial charge >= 0.3 is 0 Å². The number of pyridine rings is 1. The molecule has 2 aromatic heterocycles. The van der Waals surface area contributed by atoms with Crippen LogP contribution < -0.4 is 16.2 Å². The summed E-state index contributed by atoms with van der Waals surface area (Å²) in [4.78, 5) is 41.9. The van der Waals surface area contributed by atoms with E-state index in [-0.39, 0.29) is 11.6 Å². The summed E-state index contributed by atoms with van der Waals surface area (Å²) < 4.78 is 1.91. The molecule has 0 unspecified atom stereocenters. The Labute approximate surface area is 198 Å². The molecule has 1 aliphatic heterocycles. The predicted molar refractivity (Wildman–Crippen MR) is 130 cm³/mol. The number of hydrogen-bond donors (Lipinski definition) is 2. The van der Waals surface area contributed by atoms with Gasteiger partial charge in [0.2, 0.25) is 11.4 Å². The molecule has 0 bridgehead atoms. The Kier molecular flexibility index (Phi) is 6.55. The van der Waals surface area contributed by atoms with Gasteiger partial charge in [-0.05, 0) is 69.8 Å². The molecule has 1 saturated heterocycles. The van der Waals surface area contributed by atoms with Gasteiger partial charge in [-0.15, -0.1) is 0 Å². The minimum absolute atomic E-state index is 0.0293. The quantitative estimate of drug-likeness (QED) is 0.471. The van der Waals surface area contributed by atoms with E-state index in [1.807, 2.05) is 16.7 Å². The maximum Gasteiger partial charge on any atom is 0.280 e.